The summed E-state index contributed by atoms with van der Waals surface area (Å²) in [6.07, 6.45) is 21.6. The number of aromatic nitrogens is 2. The normalized spacial score (nSPS) is 28.6. The number of ketones is 2. The number of carbonyl (C=O) groups excluding carboxylic acids is 2. The highest BCUT2D eigenvalue weighted by Crippen LogP contribution is 2.61. The van der Waals surface area contributed by atoms with Crippen LogP contribution in [0.5, 0.6) is 17.2 Å². The maximum Gasteiger partial charge on any atom is 0.161 e. The van der Waals surface area contributed by atoms with E-state index in [1.165, 1.54) is 12.8 Å². The Bertz CT molecular complexity index is 3220. The number of phenolic OH excluding ortho intramolecular Hbond substituents is 2. The van der Waals surface area contributed by atoms with Crippen LogP contribution >= 0.6 is 0 Å². The Morgan fingerprint density at radius 3 is 2.46 bits per heavy atom. The van der Waals surface area contributed by atoms with Gasteiger partial charge in [0.1, 0.15) is 23.4 Å². The molecule has 3 fully saturated rings. The van der Waals surface area contributed by atoms with Gasteiger partial charge in [0.2, 0.25) is 0 Å². The maximum atomic E-state index is 16.3. The number of nitrogens with one attached hydrogen (secondary N) is 4. The van der Waals surface area contributed by atoms with Gasteiger partial charge in [-0.25, -0.2) is 0 Å². The number of rotatable bonds is 8. The van der Waals surface area contributed by atoms with Crippen molar-refractivity contribution in [1.82, 2.24) is 15.3 Å². The van der Waals surface area contributed by atoms with Crippen LogP contribution < -0.4 is 15.4 Å². The van der Waals surface area contributed by atoms with E-state index in [0.717, 1.165) is 108 Å². The lowest BCUT2D eigenvalue weighted by molar-refractivity contribution is -0.135. The molecule has 2 aromatic heterocycles. The number of aromatic amines is 2. The molecule has 0 saturated heterocycles. The van der Waals surface area contributed by atoms with Crippen LogP contribution in [0.2, 0.25) is 0 Å². The molecule has 7 aliphatic rings. The third-order valence-electron chi connectivity index (χ3n) is 19.5. The molecule has 0 amide bonds. The van der Waals surface area contributed by atoms with Crippen LogP contribution in [0, 0.1) is 35.0 Å². The summed E-state index contributed by atoms with van der Waals surface area (Å²) < 4.78 is 6.60. The molecule has 0 radical (unpaired) electrons. The Morgan fingerprint density at radius 1 is 0.821 bits per heavy atom. The Morgan fingerprint density at radius 2 is 1.64 bits per heavy atom. The monoisotopic (exact) mass is 1050 g/mol. The summed E-state index contributed by atoms with van der Waals surface area (Å²) in [5.41, 5.74) is 7.55. The van der Waals surface area contributed by atoms with Crippen LogP contribution in [0.25, 0.3) is 12.2 Å². The Hall–Kier alpha value is -6.36. The zero-order valence-electron chi connectivity index (χ0n) is 45.0. The molecule has 4 heterocycles. The Kier molecular flexibility index (Phi) is 14.3. The van der Waals surface area contributed by atoms with Crippen molar-refractivity contribution in [3.63, 3.8) is 0 Å². The van der Waals surface area contributed by atoms with E-state index in [1.54, 1.807) is 18.2 Å². The molecule has 3 saturated carbocycles. The summed E-state index contributed by atoms with van der Waals surface area (Å²) in [5, 5.41) is 67.5. The largest absolute Gasteiger partial charge is 0.507 e. The summed E-state index contributed by atoms with van der Waals surface area (Å²) in [7, 11) is 1.90. The molecule has 12 nitrogen and oxygen atoms in total. The standard InChI is InChI=1S/C66H76N4O8/c1-67-38-44-13-15-54-51-36-55-49(20-29-68-55)52(37-65(77)24-17-42-7-6-10-56(72)48(42)18-25-65)59(51)61(75)50(21-30-71)57(73)16-12-41-33-46(60(74)58(34-41)78-47-8-2-3-9-47)32-40-11-14-53(45(31-40)35-43-19-28-69-63(43)70-54)66(62(44)76)27-26-64(39-66)22-4-5-23-64/h6-7,10-11,14,18-20,25,28-29,31,33-34,36,44,47,50,52,54,59,62,67-72,74,76-77H,2-5,8-9,12,16-17,21-24,26-27,30,32,35,37-39H2,1H3/t44-,50+,52+,54-,59+,62-,65+,66-/m0/s1. The minimum atomic E-state index is -1.44. The van der Waals surface area contributed by atoms with Gasteiger partial charge in [-0.05, 0) is 177 Å². The summed E-state index contributed by atoms with van der Waals surface area (Å²) in [6.45, 7) is 0.0123. The van der Waals surface area contributed by atoms with E-state index in [1.807, 2.05) is 55.8 Å². The van der Waals surface area contributed by atoms with Gasteiger partial charge < -0.3 is 50.9 Å². The fourth-order valence-electron chi connectivity index (χ4n) is 15.5. The topological polar surface area (TPSA) is 200 Å². The Balaban J connectivity index is 1.06. The van der Waals surface area contributed by atoms with Gasteiger partial charge in [0.15, 0.2) is 17.3 Å². The van der Waals surface area contributed by atoms with Gasteiger partial charge in [-0.2, -0.15) is 0 Å². The highest BCUT2D eigenvalue weighted by atomic mass is 16.5. The van der Waals surface area contributed by atoms with Gasteiger partial charge in [0.25, 0.3) is 0 Å². The van der Waals surface area contributed by atoms with Gasteiger partial charge >= 0.3 is 0 Å². The van der Waals surface area contributed by atoms with E-state index in [0.29, 0.717) is 54.7 Å². The van der Waals surface area contributed by atoms with Crippen molar-refractivity contribution in [3.8, 4) is 29.1 Å². The van der Waals surface area contributed by atoms with Crippen LogP contribution in [-0.4, -0.2) is 91.1 Å². The average molecular weight is 1050 g/mol. The summed E-state index contributed by atoms with van der Waals surface area (Å²) in [5.74, 6) is 4.63. The first-order valence-electron chi connectivity index (χ1n) is 29.0. The quantitative estimate of drug-likeness (QED) is 0.0532. The second kappa shape index (κ2) is 21.4. The summed E-state index contributed by atoms with van der Waals surface area (Å²) in [6, 6.07) is 19.2. The van der Waals surface area contributed by atoms with Gasteiger partial charge in [-0.1, -0.05) is 73.2 Å². The van der Waals surface area contributed by atoms with Crippen molar-refractivity contribution in [2.75, 3.05) is 25.5 Å². The second-order valence-electron chi connectivity index (χ2n) is 24.4. The first kappa shape index (κ1) is 52.3. The first-order chi connectivity index (χ1) is 37.8. The number of Topliss-reactive ketones (excluding diaryl/α,β-unsaturated/α-hetero) is 2. The SMILES string of the molecule is CNC[C@@H]1C#C[C@@H]2Nc3[nH]ccc3Cc3cc(ccc3[C@@]3(CCC4(CCCC4)C3)[C@H]1O)Cc1cc(cc(OC3CCCC3)c1O)CCC(=O)[C@@H](CCO)C(=O)[C@@H]1C2=Cc2[nH]ccc2[C@H]1C[C@]1(O)C=Cc2c(O)cccc2CC1. The number of fused-ring (bicyclic) bond motifs is 9. The number of benzene rings is 3. The number of hydrogen-bond donors (Lipinski definition) is 9. The highest BCUT2D eigenvalue weighted by molar-refractivity contribution is 6.05. The third kappa shape index (κ3) is 9.84. The summed E-state index contributed by atoms with van der Waals surface area (Å²) >= 11 is 0. The molecule has 12 rings (SSSR count). The van der Waals surface area contributed by atoms with Crippen molar-refractivity contribution in [1.29, 1.82) is 0 Å². The van der Waals surface area contributed by atoms with Crippen molar-refractivity contribution >= 4 is 29.5 Å². The molecule has 8 atom stereocenters. The number of anilines is 1. The minimum absolute atomic E-state index is 0.00306. The number of hydrogen-bond acceptors (Lipinski definition) is 10. The van der Waals surface area contributed by atoms with Crippen LogP contribution in [0.1, 0.15) is 158 Å². The predicted molar refractivity (Wildman–Crippen MR) is 302 cm³/mol. The summed E-state index contributed by atoms with van der Waals surface area (Å²) in [4.78, 5) is 38.4. The number of aliphatic hydroxyl groups excluding tert-OH is 2. The second-order valence-corrected chi connectivity index (χ2v) is 24.4. The third-order valence-corrected chi connectivity index (χ3v) is 19.5. The Labute approximate surface area is 458 Å². The van der Waals surface area contributed by atoms with Gasteiger partial charge in [0, 0.05) is 78.9 Å². The van der Waals surface area contributed by atoms with E-state index in [2.05, 4.69) is 56.7 Å². The minimum Gasteiger partial charge on any atom is -0.507 e. The van der Waals surface area contributed by atoms with Crippen LogP contribution in [0.4, 0.5) is 5.82 Å². The lowest BCUT2D eigenvalue weighted by Gasteiger charge is -2.41. The molecule has 78 heavy (non-hydrogen) atoms. The molecular weight excluding hydrogens is 977 g/mol. The van der Waals surface area contributed by atoms with Gasteiger partial charge in [-0.3, -0.25) is 9.59 Å². The fraction of sp³-hybridized carbons (Fsp3) is 0.485. The molecule has 2 aliphatic heterocycles. The van der Waals surface area contributed by atoms with Crippen LogP contribution in [-0.2, 0) is 40.7 Å². The predicted octanol–water partition coefficient (Wildman–Crippen LogP) is 9.89. The number of ether oxygens (including phenoxy) is 1. The van der Waals surface area contributed by atoms with Crippen LogP contribution in [0.15, 0.2) is 84.7 Å². The number of aliphatic hydroxyl groups is 3. The van der Waals surface area contributed by atoms with E-state index >= 15 is 9.59 Å². The van der Waals surface area contributed by atoms with E-state index < -0.39 is 53.4 Å². The highest BCUT2D eigenvalue weighted by Gasteiger charge is 2.55. The number of H-pyrrole nitrogens is 2. The number of carbonyl (C=O) groups is 2. The van der Waals surface area contributed by atoms with Crippen molar-refractivity contribution in [2.45, 2.75) is 157 Å². The van der Waals surface area contributed by atoms with E-state index in [9.17, 15) is 25.5 Å². The van der Waals surface area contributed by atoms with Crippen molar-refractivity contribution in [3.05, 3.63) is 140 Å². The maximum absolute atomic E-state index is 16.3. The number of aryl methyl sites for hydroxylation is 2. The van der Waals surface area contributed by atoms with Crippen molar-refractivity contribution in [2.24, 2.45) is 23.2 Å². The molecule has 5 bridgehead atoms. The number of aromatic hydroxyl groups is 2. The van der Waals surface area contributed by atoms with E-state index in [-0.39, 0.29) is 60.3 Å². The van der Waals surface area contributed by atoms with E-state index in [4.69, 9.17) is 4.74 Å². The van der Waals surface area contributed by atoms with Crippen LogP contribution in [0.3, 0.4) is 0 Å². The molecule has 9 N–H and O–H groups in total. The molecule has 2 spiro atoms. The zero-order chi connectivity index (χ0) is 53.8. The van der Waals surface area contributed by atoms with Gasteiger partial charge in [-0.15, -0.1) is 0 Å². The molecule has 12 heteroatoms. The van der Waals surface area contributed by atoms with Crippen molar-refractivity contribution < 1.29 is 39.9 Å². The molecule has 0 unspecified atom stereocenters. The first-order valence-corrected chi connectivity index (χ1v) is 29.0. The molecule has 408 valence electrons. The number of phenols is 2. The lowest BCUT2D eigenvalue weighted by atomic mass is 9.65. The lowest BCUT2D eigenvalue weighted by Crippen LogP contribution is -2.46. The smallest absolute Gasteiger partial charge is 0.161 e. The van der Waals surface area contributed by atoms with Gasteiger partial charge in [0.05, 0.1) is 29.6 Å². The molecule has 3 aromatic carbocycles. The fourth-order valence-corrected chi connectivity index (χ4v) is 15.5. The molecule has 5 aromatic rings. The molecular formula is C66H76N4O8. The molecule has 5 aliphatic carbocycles. The zero-order valence-corrected chi connectivity index (χ0v) is 45.0. The average Bonchev–Trinajstić information content (AvgIpc) is 4.49.